The number of benzene rings is 2. The molecule has 0 spiro atoms. The minimum absolute atomic E-state index is 0.0412. The number of hydrogen-bond acceptors (Lipinski definition) is 3. The average molecular weight is 349 g/mol. The van der Waals surface area contributed by atoms with Crippen LogP contribution in [-0.4, -0.2) is 20.8 Å². The Morgan fingerprint density at radius 3 is 2.46 bits per heavy atom. The lowest BCUT2D eigenvalue weighted by Gasteiger charge is -2.20. The van der Waals surface area contributed by atoms with E-state index < -0.39 is 0 Å². The first-order valence-electron chi connectivity index (χ1n) is 8.52. The minimum atomic E-state index is -0.300. The van der Waals surface area contributed by atoms with Crippen molar-refractivity contribution in [1.29, 1.82) is 0 Å². The number of aromatic nitrogens is 2. The third-order valence-corrected chi connectivity index (χ3v) is 4.37. The molecule has 26 heavy (non-hydrogen) atoms. The fourth-order valence-electron chi connectivity index (χ4n) is 2.75. The van der Waals surface area contributed by atoms with Gasteiger partial charge in [0.15, 0.2) is 0 Å². The van der Waals surface area contributed by atoms with Crippen molar-refractivity contribution in [2.45, 2.75) is 33.1 Å². The van der Waals surface area contributed by atoms with E-state index in [0.29, 0.717) is 11.3 Å². The van der Waals surface area contributed by atoms with Gasteiger partial charge in [0.1, 0.15) is 5.75 Å². The fourth-order valence-corrected chi connectivity index (χ4v) is 2.75. The number of carbonyl (C=O) groups excluding carboxylic acids is 1. The van der Waals surface area contributed by atoms with Gasteiger partial charge in [-0.05, 0) is 42.2 Å². The van der Waals surface area contributed by atoms with Gasteiger partial charge in [-0.3, -0.25) is 4.79 Å². The van der Waals surface area contributed by atoms with Crippen LogP contribution in [0.3, 0.4) is 0 Å². The van der Waals surface area contributed by atoms with Crippen LogP contribution in [-0.2, 0) is 5.41 Å². The first-order chi connectivity index (χ1) is 12.3. The van der Waals surface area contributed by atoms with E-state index in [0.717, 1.165) is 16.9 Å². The second kappa shape index (κ2) is 6.67. The Morgan fingerprint density at radius 2 is 1.81 bits per heavy atom. The van der Waals surface area contributed by atoms with Crippen LogP contribution in [0.5, 0.6) is 5.75 Å². The molecule has 0 atom stereocenters. The van der Waals surface area contributed by atoms with Crippen molar-refractivity contribution < 1.29 is 9.90 Å². The molecule has 134 valence electrons. The molecule has 5 nitrogen and oxygen atoms in total. The third-order valence-electron chi connectivity index (χ3n) is 4.37. The monoisotopic (exact) mass is 349 g/mol. The highest BCUT2D eigenvalue weighted by molar-refractivity contribution is 6.05. The number of para-hydroxylation sites is 1. The Morgan fingerprint density at radius 1 is 1.12 bits per heavy atom. The summed E-state index contributed by atoms with van der Waals surface area (Å²) in [6, 6.07) is 14.9. The Labute approximate surface area is 153 Å². The van der Waals surface area contributed by atoms with E-state index in [1.807, 2.05) is 49.4 Å². The summed E-state index contributed by atoms with van der Waals surface area (Å²) in [6.07, 6.45) is 1.54. The number of carbonyl (C=O) groups is 1. The van der Waals surface area contributed by atoms with Gasteiger partial charge in [0, 0.05) is 0 Å². The normalized spacial score (nSPS) is 11.4. The first-order valence-corrected chi connectivity index (χ1v) is 8.52. The number of hydrogen-bond donors (Lipinski definition) is 2. The molecular formula is C21H23N3O2. The maximum absolute atomic E-state index is 12.7. The number of phenolic OH excluding ortho intramolecular Hbond substituents is 1. The Balaban J connectivity index is 1.89. The summed E-state index contributed by atoms with van der Waals surface area (Å²) in [5.74, 6) is -0.259. The molecule has 0 radical (unpaired) electrons. The number of nitrogens with zero attached hydrogens (tertiary/aromatic N) is 2. The second-order valence-electron chi connectivity index (χ2n) is 7.33. The molecule has 3 aromatic rings. The molecule has 1 heterocycles. The van der Waals surface area contributed by atoms with Crippen molar-refractivity contribution in [2.24, 2.45) is 0 Å². The summed E-state index contributed by atoms with van der Waals surface area (Å²) < 4.78 is 1.72. The van der Waals surface area contributed by atoms with E-state index >= 15 is 0 Å². The van der Waals surface area contributed by atoms with Gasteiger partial charge in [0.2, 0.25) is 0 Å². The SMILES string of the molecule is Cc1c(C(=O)Nc2cc(C(C)(C)C)ccc2O)cnn1-c1ccccc1. The van der Waals surface area contributed by atoms with Crippen LogP contribution in [0.25, 0.3) is 5.69 Å². The van der Waals surface area contributed by atoms with Crippen molar-refractivity contribution in [3.8, 4) is 11.4 Å². The lowest BCUT2D eigenvalue weighted by Crippen LogP contribution is -2.15. The summed E-state index contributed by atoms with van der Waals surface area (Å²) in [7, 11) is 0. The van der Waals surface area contributed by atoms with Crippen LogP contribution in [0.4, 0.5) is 5.69 Å². The topological polar surface area (TPSA) is 67.2 Å². The van der Waals surface area contributed by atoms with Gasteiger partial charge in [-0.15, -0.1) is 0 Å². The van der Waals surface area contributed by atoms with Crippen molar-refractivity contribution in [3.63, 3.8) is 0 Å². The van der Waals surface area contributed by atoms with Gasteiger partial charge in [-0.25, -0.2) is 4.68 Å². The van der Waals surface area contributed by atoms with E-state index in [1.54, 1.807) is 16.9 Å². The number of anilines is 1. The molecule has 1 aromatic heterocycles. The molecule has 0 fully saturated rings. The lowest BCUT2D eigenvalue weighted by atomic mass is 9.87. The number of amides is 1. The van der Waals surface area contributed by atoms with Gasteiger partial charge in [0.25, 0.3) is 5.91 Å². The largest absolute Gasteiger partial charge is 0.506 e. The van der Waals surface area contributed by atoms with Crippen LogP contribution in [0.15, 0.2) is 54.7 Å². The quantitative estimate of drug-likeness (QED) is 0.687. The van der Waals surface area contributed by atoms with Gasteiger partial charge >= 0.3 is 0 Å². The molecule has 2 aromatic carbocycles. The Kier molecular flexibility index (Phi) is 4.55. The van der Waals surface area contributed by atoms with Crippen molar-refractivity contribution in [1.82, 2.24) is 9.78 Å². The molecule has 0 aliphatic carbocycles. The first kappa shape index (κ1) is 17.7. The Bertz CT molecular complexity index is 938. The van der Waals surface area contributed by atoms with E-state index in [9.17, 15) is 9.90 Å². The zero-order chi connectivity index (χ0) is 18.9. The summed E-state index contributed by atoms with van der Waals surface area (Å²) in [6.45, 7) is 8.09. The van der Waals surface area contributed by atoms with Crippen LogP contribution < -0.4 is 5.32 Å². The van der Waals surface area contributed by atoms with Crippen LogP contribution in [0.1, 0.15) is 42.4 Å². The van der Waals surface area contributed by atoms with Crippen LogP contribution >= 0.6 is 0 Å². The standard InChI is InChI=1S/C21H23N3O2/c1-14-17(13-22-24(14)16-8-6-5-7-9-16)20(26)23-18-12-15(21(2,3)4)10-11-19(18)25/h5-13,25H,1-4H3,(H,23,26). The summed E-state index contributed by atoms with van der Waals surface area (Å²) >= 11 is 0. The molecular weight excluding hydrogens is 326 g/mol. The highest BCUT2D eigenvalue weighted by Gasteiger charge is 2.19. The predicted molar refractivity (Wildman–Crippen MR) is 103 cm³/mol. The highest BCUT2D eigenvalue weighted by atomic mass is 16.3. The third kappa shape index (κ3) is 3.47. The zero-order valence-electron chi connectivity index (χ0n) is 15.4. The zero-order valence-corrected chi connectivity index (χ0v) is 15.4. The lowest BCUT2D eigenvalue weighted by molar-refractivity contribution is 0.102. The number of aromatic hydroxyl groups is 1. The Hall–Kier alpha value is -3.08. The average Bonchev–Trinajstić information content (AvgIpc) is 2.98. The number of nitrogens with one attached hydrogen (secondary N) is 1. The molecule has 3 rings (SSSR count). The second-order valence-corrected chi connectivity index (χ2v) is 7.33. The van der Waals surface area contributed by atoms with Crippen molar-refractivity contribution in [3.05, 3.63) is 71.5 Å². The molecule has 0 aliphatic rings. The maximum Gasteiger partial charge on any atom is 0.259 e. The maximum atomic E-state index is 12.7. The molecule has 0 bridgehead atoms. The minimum Gasteiger partial charge on any atom is -0.506 e. The van der Waals surface area contributed by atoms with Crippen LogP contribution in [0.2, 0.25) is 0 Å². The summed E-state index contributed by atoms with van der Waals surface area (Å²) in [5.41, 5.74) is 3.44. The summed E-state index contributed by atoms with van der Waals surface area (Å²) in [5, 5.41) is 17.2. The van der Waals surface area contributed by atoms with Crippen LogP contribution in [0, 0.1) is 6.92 Å². The number of phenols is 1. The smallest absolute Gasteiger partial charge is 0.259 e. The molecule has 2 N–H and O–H groups in total. The molecule has 1 amide bonds. The van der Waals surface area contributed by atoms with Crippen molar-refractivity contribution >= 4 is 11.6 Å². The molecule has 0 saturated carbocycles. The molecule has 0 aliphatic heterocycles. The highest BCUT2D eigenvalue weighted by Crippen LogP contribution is 2.31. The number of rotatable bonds is 3. The van der Waals surface area contributed by atoms with Gasteiger partial charge in [-0.1, -0.05) is 45.0 Å². The molecule has 5 heteroatoms. The van der Waals surface area contributed by atoms with Crippen molar-refractivity contribution in [2.75, 3.05) is 5.32 Å². The van der Waals surface area contributed by atoms with Gasteiger partial charge in [0.05, 0.1) is 28.8 Å². The summed E-state index contributed by atoms with van der Waals surface area (Å²) in [4.78, 5) is 12.7. The van der Waals surface area contributed by atoms with E-state index in [1.165, 1.54) is 0 Å². The fraction of sp³-hybridized carbons (Fsp3) is 0.238. The van der Waals surface area contributed by atoms with Gasteiger partial charge < -0.3 is 10.4 Å². The van der Waals surface area contributed by atoms with E-state index in [4.69, 9.17) is 0 Å². The van der Waals surface area contributed by atoms with Gasteiger partial charge in [-0.2, -0.15) is 5.10 Å². The van der Waals surface area contributed by atoms with E-state index in [2.05, 4.69) is 31.2 Å². The molecule has 0 unspecified atom stereocenters. The molecule has 0 saturated heterocycles. The van der Waals surface area contributed by atoms with E-state index in [-0.39, 0.29) is 17.1 Å². The predicted octanol–water partition coefficient (Wildman–Crippen LogP) is 4.44.